The summed E-state index contributed by atoms with van der Waals surface area (Å²) in [7, 11) is 9.06. The highest BCUT2D eigenvalue weighted by atomic mass is 16.7. The maximum Gasteiger partial charge on any atom is 0.311 e. The Morgan fingerprint density at radius 2 is 1.49 bits per heavy atom. The molecule has 0 saturated carbocycles. The van der Waals surface area contributed by atoms with E-state index in [0.717, 1.165) is 13.1 Å². The number of likely N-dealkylation sites (N-methyl/N-ethyl adjacent to an activating group) is 3. The summed E-state index contributed by atoms with van der Waals surface area (Å²) in [4.78, 5) is 20.8. The van der Waals surface area contributed by atoms with Gasteiger partial charge in [-0.25, -0.2) is 0 Å². The first-order chi connectivity index (χ1) is 25.7. The van der Waals surface area contributed by atoms with Crippen molar-refractivity contribution < 1.29 is 53.3 Å². The minimum Gasteiger partial charge on any atom is -0.464 e. The second-order valence-corrected chi connectivity index (χ2v) is 17.7. The lowest BCUT2D eigenvalue weighted by Gasteiger charge is -2.49. The molecule has 3 rings (SSSR count). The van der Waals surface area contributed by atoms with E-state index in [4.69, 9.17) is 33.2 Å². The molecule has 3 saturated heterocycles. The van der Waals surface area contributed by atoms with Crippen LogP contribution in [0.4, 0.5) is 0 Å². The molecule has 0 aromatic heterocycles. The third-order valence-electron chi connectivity index (χ3n) is 13.1. The van der Waals surface area contributed by atoms with Crippen molar-refractivity contribution in [3.8, 4) is 0 Å². The fourth-order valence-electron chi connectivity index (χ4n) is 9.15. The van der Waals surface area contributed by atoms with Crippen molar-refractivity contribution in [1.82, 2.24) is 14.7 Å². The van der Waals surface area contributed by atoms with Gasteiger partial charge in [0.2, 0.25) is 0 Å². The summed E-state index contributed by atoms with van der Waals surface area (Å²) < 4.78 is 44.8. The normalized spacial score (nSPS) is 44.9. The molecule has 55 heavy (non-hydrogen) atoms. The smallest absolute Gasteiger partial charge is 0.311 e. The summed E-state index contributed by atoms with van der Waals surface area (Å²) in [5.74, 6) is -2.17. The standard InChI is InChI=1S/C41H79N3O11/c1-16-44(17-2)22-30-23-51-38(48)28(7)35(54-32-20-40(9,49-14)36(47)29(8)53-32)27(6)37(55-39-34(46)31(42(11)12)18-26(5)52-39)41(10,50-15)19-24(3)33(45)25(4)21-43(30)13/h24-37,39,45-47H,16-23H2,1-15H3/t24-,25-,26-,27+,28-,29+,30+,31+,32+,33+,34-,35+,36+,37-,39+,40-,41-/m1/s1. The van der Waals surface area contributed by atoms with Crippen molar-refractivity contribution in [2.75, 3.05) is 68.1 Å². The molecule has 0 aromatic carbocycles. The molecule has 324 valence electrons. The Balaban J connectivity index is 2.18. The van der Waals surface area contributed by atoms with E-state index in [-0.39, 0.29) is 43.1 Å². The number of aliphatic hydroxyl groups is 3. The molecule has 17 atom stereocenters. The Morgan fingerprint density at radius 1 is 0.873 bits per heavy atom. The topological polar surface area (TPSA) is 152 Å². The maximum atomic E-state index is 14.3. The van der Waals surface area contributed by atoms with Gasteiger partial charge in [-0.3, -0.25) is 9.69 Å². The Hall–Kier alpha value is -1.01. The average Bonchev–Trinajstić information content (AvgIpc) is 3.14. The Bertz CT molecular complexity index is 1170. The van der Waals surface area contributed by atoms with Crippen LogP contribution in [0.3, 0.4) is 0 Å². The molecule has 0 aliphatic carbocycles. The average molecular weight is 790 g/mol. The highest BCUT2D eigenvalue weighted by Crippen LogP contribution is 2.41. The van der Waals surface area contributed by atoms with Crippen LogP contribution in [0, 0.1) is 23.7 Å². The van der Waals surface area contributed by atoms with Gasteiger partial charge < -0.3 is 58.3 Å². The third-order valence-corrected chi connectivity index (χ3v) is 13.1. The van der Waals surface area contributed by atoms with Crippen LogP contribution in [0.5, 0.6) is 0 Å². The second-order valence-electron chi connectivity index (χ2n) is 17.7. The van der Waals surface area contributed by atoms with E-state index >= 15 is 0 Å². The summed E-state index contributed by atoms with van der Waals surface area (Å²) >= 11 is 0. The van der Waals surface area contributed by atoms with Gasteiger partial charge in [-0.1, -0.05) is 34.6 Å². The first-order valence-corrected chi connectivity index (χ1v) is 20.7. The Labute approximate surface area is 332 Å². The minimum absolute atomic E-state index is 0.117. The van der Waals surface area contributed by atoms with Crippen molar-refractivity contribution in [2.24, 2.45) is 23.7 Å². The third kappa shape index (κ3) is 11.8. The van der Waals surface area contributed by atoms with Crippen molar-refractivity contribution in [2.45, 2.75) is 167 Å². The van der Waals surface area contributed by atoms with E-state index in [1.807, 2.05) is 67.6 Å². The first kappa shape index (κ1) is 48.4. The fraction of sp³-hybridized carbons (Fsp3) is 0.976. The number of carbonyl (C=O) groups excluding carboxylic acids is 1. The Kier molecular flexibility index (Phi) is 18.3. The minimum atomic E-state index is -1.06. The van der Waals surface area contributed by atoms with Crippen LogP contribution in [-0.2, 0) is 38.0 Å². The van der Waals surface area contributed by atoms with E-state index in [1.54, 1.807) is 28.1 Å². The van der Waals surface area contributed by atoms with E-state index < -0.39 is 78.2 Å². The summed E-state index contributed by atoms with van der Waals surface area (Å²) in [6.45, 7) is 22.7. The van der Waals surface area contributed by atoms with E-state index in [2.05, 4.69) is 23.6 Å². The van der Waals surface area contributed by atoms with Crippen LogP contribution in [0.25, 0.3) is 0 Å². The fourth-order valence-corrected chi connectivity index (χ4v) is 9.15. The highest BCUT2D eigenvalue weighted by molar-refractivity contribution is 5.72. The largest absolute Gasteiger partial charge is 0.464 e. The lowest BCUT2D eigenvalue weighted by atomic mass is 9.75. The molecular weight excluding hydrogens is 710 g/mol. The van der Waals surface area contributed by atoms with Crippen LogP contribution >= 0.6 is 0 Å². The molecule has 0 aromatic rings. The number of nitrogens with zero attached hydrogens (tertiary/aromatic N) is 3. The van der Waals surface area contributed by atoms with Gasteiger partial charge >= 0.3 is 5.97 Å². The number of hydrogen-bond acceptors (Lipinski definition) is 14. The van der Waals surface area contributed by atoms with Gasteiger partial charge in [0.1, 0.15) is 18.8 Å². The van der Waals surface area contributed by atoms with Crippen molar-refractivity contribution >= 4 is 5.97 Å². The summed E-state index contributed by atoms with van der Waals surface area (Å²) in [5, 5.41) is 34.6. The molecule has 3 fully saturated rings. The number of aliphatic hydroxyl groups excluding tert-OH is 3. The predicted octanol–water partition coefficient (Wildman–Crippen LogP) is 2.98. The lowest BCUT2D eigenvalue weighted by molar-refractivity contribution is -0.319. The number of methoxy groups -OCH3 is 2. The van der Waals surface area contributed by atoms with Crippen molar-refractivity contribution in [3.63, 3.8) is 0 Å². The molecule has 0 unspecified atom stereocenters. The van der Waals surface area contributed by atoms with Gasteiger partial charge in [-0.15, -0.1) is 0 Å². The number of cyclic esters (lactones) is 1. The molecule has 0 spiro atoms. The molecular formula is C41H79N3O11. The van der Waals surface area contributed by atoms with Gasteiger partial charge in [0.05, 0.1) is 53.7 Å². The molecule has 0 bridgehead atoms. The number of esters is 1. The molecule has 14 heteroatoms. The maximum absolute atomic E-state index is 14.3. The number of carbonyl (C=O) groups is 1. The van der Waals surface area contributed by atoms with Gasteiger partial charge in [-0.2, -0.15) is 0 Å². The lowest BCUT2D eigenvalue weighted by Crippen LogP contribution is -2.61. The molecule has 3 heterocycles. The quantitative estimate of drug-likeness (QED) is 0.263. The molecule has 0 amide bonds. The zero-order valence-corrected chi connectivity index (χ0v) is 36.8. The molecule has 3 aliphatic heterocycles. The highest BCUT2D eigenvalue weighted by Gasteiger charge is 2.52. The summed E-state index contributed by atoms with van der Waals surface area (Å²) in [5.41, 5.74) is -2.02. The van der Waals surface area contributed by atoms with E-state index in [9.17, 15) is 20.1 Å². The van der Waals surface area contributed by atoms with E-state index in [1.165, 1.54) is 0 Å². The first-order valence-electron chi connectivity index (χ1n) is 20.7. The van der Waals surface area contributed by atoms with Crippen LogP contribution in [-0.4, -0.2) is 183 Å². The second kappa shape index (κ2) is 20.8. The van der Waals surface area contributed by atoms with E-state index in [0.29, 0.717) is 25.9 Å². The Morgan fingerprint density at radius 3 is 2.05 bits per heavy atom. The molecule has 3 aliphatic rings. The predicted molar refractivity (Wildman–Crippen MR) is 210 cm³/mol. The van der Waals surface area contributed by atoms with Crippen molar-refractivity contribution in [3.05, 3.63) is 0 Å². The van der Waals surface area contributed by atoms with Crippen LogP contribution in [0.15, 0.2) is 0 Å². The summed E-state index contributed by atoms with van der Waals surface area (Å²) in [6.07, 6.45) is -5.71. The zero-order valence-electron chi connectivity index (χ0n) is 36.8. The van der Waals surface area contributed by atoms with Crippen LogP contribution in [0.2, 0.25) is 0 Å². The molecule has 14 nitrogen and oxygen atoms in total. The van der Waals surface area contributed by atoms with Crippen LogP contribution in [0.1, 0.15) is 88.5 Å². The monoisotopic (exact) mass is 790 g/mol. The number of hydrogen-bond donors (Lipinski definition) is 3. The van der Waals surface area contributed by atoms with Gasteiger partial charge in [0, 0.05) is 45.7 Å². The molecule has 3 N–H and O–H groups in total. The number of ether oxygens (including phenoxy) is 7. The van der Waals surface area contributed by atoms with Gasteiger partial charge in [-0.05, 0) is 93.5 Å². The van der Waals surface area contributed by atoms with Gasteiger partial charge in [0.25, 0.3) is 0 Å². The summed E-state index contributed by atoms with van der Waals surface area (Å²) in [6, 6.07) is -0.342. The zero-order chi connectivity index (χ0) is 41.6. The SMILES string of the molecule is CCN(CC)C[C@H]1COC(=O)[C@H](C)[C@@H](O[C@H]2C[C@@](C)(OC)[C@@H](O)[C@H](C)O2)[C@H](C)[C@@H](O[C@@H]2O[C@H](C)C[C@H](N(C)C)[C@H]2O)[C@](C)(OC)C[C@@H](C)[C@H](O)[C@H](C)CN1C. The van der Waals surface area contributed by atoms with Crippen molar-refractivity contribution in [1.29, 1.82) is 0 Å². The molecule has 0 radical (unpaired) electrons. The number of rotatable bonds is 11. The van der Waals surface area contributed by atoms with Crippen LogP contribution < -0.4 is 0 Å². The van der Waals surface area contributed by atoms with Gasteiger partial charge in [0.15, 0.2) is 12.6 Å².